The third-order valence-corrected chi connectivity index (χ3v) is 2.66. The first-order valence-electron chi connectivity index (χ1n) is 6.35. The fourth-order valence-corrected chi connectivity index (χ4v) is 1.62. The van der Waals surface area contributed by atoms with Gasteiger partial charge in [0.15, 0.2) is 0 Å². The van der Waals surface area contributed by atoms with Gasteiger partial charge in [0.1, 0.15) is 6.04 Å². The topological polar surface area (TPSA) is 105 Å². The number of hydrogen-bond acceptors (Lipinski definition) is 4. The molecule has 112 valence electrons. The highest BCUT2D eigenvalue weighted by Gasteiger charge is 2.18. The van der Waals surface area contributed by atoms with Gasteiger partial charge in [-0.15, -0.1) is 0 Å². The third kappa shape index (κ3) is 6.19. The Morgan fingerprint density at radius 3 is 2.90 bits per heavy atom. The lowest BCUT2D eigenvalue weighted by atomic mass is 10.1. The van der Waals surface area contributed by atoms with Crippen molar-refractivity contribution < 1.29 is 19.4 Å². The Hall–Kier alpha value is -2.09. The van der Waals surface area contributed by atoms with E-state index in [1.807, 2.05) is 4.57 Å². The summed E-state index contributed by atoms with van der Waals surface area (Å²) >= 11 is 0. The number of rotatable bonds is 9. The number of methoxy groups -OCH3 is 1. The first-order valence-corrected chi connectivity index (χ1v) is 6.35. The lowest BCUT2D eigenvalue weighted by Crippen LogP contribution is -2.46. The van der Waals surface area contributed by atoms with Crippen molar-refractivity contribution in [2.24, 2.45) is 0 Å². The van der Waals surface area contributed by atoms with Gasteiger partial charge >= 0.3 is 12.0 Å². The van der Waals surface area contributed by atoms with E-state index < -0.39 is 18.0 Å². The molecule has 0 aliphatic carbocycles. The molecule has 1 rings (SSSR count). The second-order valence-corrected chi connectivity index (χ2v) is 4.23. The maximum atomic E-state index is 11.6. The summed E-state index contributed by atoms with van der Waals surface area (Å²) in [5, 5.41) is 14.0. The maximum absolute atomic E-state index is 11.6. The van der Waals surface area contributed by atoms with Gasteiger partial charge in [0, 0.05) is 39.2 Å². The standard InChI is InChI=1S/C12H20N4O4/c1-20-8-2-3-10(11(17)18)15-12(19)14-5-7-16-6-4-13-9-16/h4,6,9-10H,2-3,5,7-8H2,1H3,(H,17,18)(H2,14,15,19). The zero-order valence-electron chi connectivity index (χ0n) is 11.4. The van der Waals surface area contributed by atoms with Crippen molar-refractivity contribution >= 4 is 12.0 Å². The van der Waals surface area contributed by atoms with Crippen LogP contribution in [-0.2, 0) is 16.1 Å². The van der Waals surface area contributed by atoms with Gasteiger partial charge < -0.3 is 25.0 Å². The normalized spacial score (nSPS) is 11.8. The van der Waals surface area contributed by atoms with Crippen molar-refractivity contribution in [2.75, 3.05) is 20.3 Å². The molecule has 0 saturated carbocycles. The number of nitrogens with zero attached hydrogens (tertiary/aromatic N) is 2. The van der Waals surface area contributed by atoms with Crippen molar-refractivity contribution in [1.82, 2.24) is 20.2 Å². The van der Waals surface area contributed by atoms with Crippen LogP contribution in [0.15, 0.2) is 18.7 Å². The quantitative estimate of drug-likeness (QED) is 0.556. The number of ether oxygens (including phenoxy) is 1. The number of carbonyl (C=O) groups excluding carboxylic acids is 1. The van der Waals surface area contributed by atoms with Crippen LogP contribution in [-0.4, -0.2) is 53.0 Å². The first-order chi connectivity index (χ1) is 9.63. The zero-order chi connectivity index (χ0) is 14.8. The molecule has 0 aliphatic rings. The largest absolute Gasteiger partial charge is 0.480 e. The molecule has 1 heterocycles. The van der Waals surface area contributed by atoms with E-state index in [1.54, 1.807) is 25.8 Å². The van der Waals surface area contributed by atoms with Gasteiger partial charge in [-0.1, -0.05) is 0 Å². The van der Waals surface area contributed by atoms with E-state index in [2.05, 4.69) is 15.6 Å². The van der Waals surface area contributed by atoms with Gasteiger partial charge in [0.05, 0.1) is 6.33 Å². The molecule has 2 amide bonds. The van der Waals surface area contributed by atoms with Crippen LogP contribution < -0.4 is 10.6 Å². The van der Waals surface area contributed by atoms with Crippen molar-refractivity contribution in [3.8, 4) is 0 Å². The van der Waals surface area contributed by atoms with Gasteiger partial charge in [-0.2, -0.15) is 0 Å². The van der Waals surface area contributed by atoms with Crippen molar-refractivity contribution in [3.05, 3.63) is 18.7 Å². The molecule has 1 unspecified atom stereocenters. The molecule has 0 aliphatic heterocycles. The van der Waals surface area contributed by atoms with E-state index in [9.17, 15) is 9.59 Å². The minimum atomic E-state index is -1.05. The van der Waals surface area contributed by atoms with Crippen molar-refractivity contribution in [1.29, 1.82) is 0 Å². The Bertz CT molecular complexity index is 408. The number of carbonyl (C=O) groups is 2. The molecule has 0 spiro atoms. The fraction of sp³-hybridized carbons (Fsp3) is 0.583. The van der Waals surface area contributed by atoms with Crippen LogP contribution in [0.25, 0.3) is 0 Å². The van der Waals surface area contributed by atoms with E-state index in [-0.39, 0.29) is 0 Å². The lowest BCUT2D eigenvalue weighted by molar-refractivity contribution is -0.139. The van der Waals surface area contributed by atoms with Crippen LogP contribution in [0.5, 0.6) is 0 Å². The van der Waals surface area contributed by atoms with Crippen LogP contribution in [0.1, 0.15) is 12.8 Å². The number of carboxylic acid groups (broad SMARTS) is 1. The summed E-state index contributed by atoms with van der Waals surface area (Å²) in [5.74, 6) is -1.05. The molecule has 1 atom stereocenters. The van der Waals surface area contributed by atoms with E-state index in [4.69, 9.17) is 9.84 Å². The minimum absolute atomic E-state index is 0.331. The predicted molar refractivity (Wildman–Crippen MR) is 71.3 cm³/mol. The number of aliphatic carboxylic acids is 1. The van der Waals surface area contributed by atoms with Crippen molar-refractivity contribution in [2.45, 2.75) is 25.4 Å². The number of nitrogens with one attached hydrogen (secondary N) is 2. The number of urea groups is 1. The SMILES string of the molecule is COCCCC(NC(=O)NCCn1ccnc1)C(=O)O. The summed E-state index contributed by atoms with van der Waals surface area (Å²) in [7, 11) is 1.55. The average molecular weight is 284 g/mol. The molecule has 0 radical (unpaired) electrons. The molecule has 3 N–H and O–H groups in total. The summed E-state index contributed by atoms with van der Waals surface area (Å²) < 4.78 is 6.67. The van der Waals surface area contributed by atoms with E-state index in [0.717, 1.165) is 0 Å². The minimum Gasteiger partial charge on any atom is -0.480 e. The highest BCUT2D eigenvalue weighted by molar-refractivity contribution is 5.82. The Morgan fingerprint density at radius 2 is 2.30 bits per heavy atom. The van der Waals surface area contributed by atoms with Gasteiger partial charge in [-0.05, 0) is 12.8 Å². The molecule has 20 heavy (non-hydrogen) atoms. The predicted octanol–water partition coefficient (Wildman–Crippen LogP) is 0.0621. The molecule has 1 aromatic rings. The number of aromatic nitrogens is 2. The molecule has 0 fully saturated rings. The summed E-state index contributed by atoms with van der Waals surface area (Å²) in [6, 6.07) is -1.40. The van der Waals surface area contributed by atoms with Crippen LogP contribution in [0, 0.1) is 0 Å². The first kappa shape index (κ1) is 16.0. The van der Waals surface area contributed by atoms with Gasteiger partial charge in [0.25, 0.3) is 0 Å². The van der Waals surface area contributed by atoms with Crippen LogP contribution >= 0.6 is 0 Å². The average Bonchev–Trinajstić information content (AvgIpc) is 2.91. The number of carboxylic acids is 1. The van der Waals surface area contributed by atoms with E-state index in [0.29, 0.717) is 32.5 Å². The molecule has 0 aromatic carbocycles. The molecule has 0 saturated heterocycles. The van der Waals surface area contributed by atoms with Crippen LogP contribution in [0.2, 0.25) is 0 Å². The number of hydrogen-bond donors (Lipinski definition) is 3. The summed E-state index contributed by atoms with van der Waals surface area (Å²) in [5.41, 5.74) is 0. The zero-order valence-corrected chi connectivity index (χ0v) is 11.4. The second kappa shape index (κ2) is 8.92. The number of imidazole rings is 1. The summed E-state index contributed by atoms with van der Waals surface area (Å²) in [6.45, 7) is 1.44. The van der Waals surface area contributed by atoms with Crippen molar-refractivity contribution in [3.63, 3.8) is 0 Å². The molecule has 8 heteroatoms. The second-order valence-electron chi connectivity index (χ2n) is 4.23. The van der Waals surface area contributed by atoms with Crippen LogP contribution in [0.3, 0.4) is 0 Å². The van der Waals surface area contributed by atoms with Gasteiger partial charge in [0.2, 0.25) is 0 Å². The van der Waals surface area contributed by atoms with Gasteiger partial charge in [-0.25, -0.2) is 14.6 Å². The van der Waals surface area contributed by atoms with E-state index in [1.165, 1.54) is 0 Å². The Balaban J connectivity index is 2.24. The lowest BCUT2D eigenvalue weighted by Gasteiger charge is -2.15. The molecular weight excluding hydrogens is 264 g/mol. The summed E-state index contributed by atoms with van der Waals surface area (Å²) in [4.78, 5) is 26.4. The third-order valence-electron chi connectivity index (χ3n) is 2.66. The highest BCUT2D eigenvalue weighted by Crippen LogP contribution is 1.98. The Morgan fingerprint density at radius 1 is 1.50 bits per heavy atom. The summed E-state index contributed by atoms with van der Waals surface area (Å²) in [6.07, 6.45) is 5.98. The molecular formula is C12H20N4O4. The molecule has 8 nitrogen and oxygen atoms in total. The maximum Gasteiger partial charge on any atom is 0.326 e. The molecule has 0 bridgehead atoms. The molecule has 1 aromatic heterocycles. The number of amides is 2. The van der Waals surface area contributed by atoms with E-state index >= 15 is 0 Å². The van der Waals surface area contributed by atoms with Crippen LogP contribution in [0.4, 0.5) is 4.79 Å². The van der Waals surface area contributed by atoms with Gasteiger partial charge in [-0.3, -0.25) is 0 Å². The monoisotopic (exact) mass is 284 g/mol. The Labute approximate surface area is 117 Å². The fourth-order valence-electron chi connectivity index (χ4n) is 1.62. The highest BCUT2D eigenvalue weighted by atomic mass is 16.5. The smallest absolute Gasteiger partial charge is 0.326 e. The Kier molecular flexibility index (Phi) is 7.12.